The molecule has 0 aromatic carbocycles. The van der Waals surface area contributed by atoms with Crippen LogP contribution in [0.2, 0.25) is 0 Å². The third-order valence-electron chi connectivity index (χ3n) is 1.66. The molecule has 1 aromatic rings. The van der Waals surface area contributed by atoms with Crippen molar-refractivity contribution in [2.75, 3.05) is 0 Å². The largest absolute Gasteiger partial charge is 0.263 e. The van der Waals surface area contributed by atoms with Crippen LogP contribution in [0.4, 0.5) is 0 Å². The Morgan fingerprint density at radius 3 is 2.50 bits per heavy atom. The van der Waals surface area contributed by atoms with Gasteiger partial charge in [-0.2, -0.15) is 5.26 Å². The van der Waals surface area contributed by atoms with E-state index in [1.165, 1.54) is 16.7 Å². The highest BCUT2D eigenvalue weighted by Crippen LogP contribution is 2.34. The molecule has 6 heteroatoms. The first-order valence-electron chi connectivity index (χ1n) is 3.84. The minimum absolute atomic E-state index is 0.0262. The van der Waals surface area contributed by atoms with Gasteiger partial charge < -0.3 is 0 Å². The molecule has 76 valence electrons. The van der Waals surface area contributed by atoms with Gasteiger partial charge in [0.05, 0.1) is 5.56 Å². The third-order valence-corrected chi connectivity index (χ3v) is 4.46. The van der Waals surface area contributed by atoms with E-state index in [-0.39, 0.29) is 16.4 Å². The summed E-state index contributed by atoms with van der Waals surface area (Å²) in [7, 11) is 1.44. The molecule has 0 bridgehead atoms. The van der Waals surface area contributed by atoms with Crippen molar-refractivity contribution in [2.24, 2.45) is 0 Å². The van der Waals surface area contributed by atoms with E-state index < -0.39 is 9.05 Å². The van der Waals surface area contributed by atoms with Crippen LogP contribution in [0.1, 0.15) is 30.2 Å². The Kier molecular flexibility index (Phi) is 3.20. The first-order valence-corrected chi connectivity index (χ1v) is 7.03. The summed E-state index contributed by atoms with van der Waals surface area (Å²) in [5.74, 6) is 0.0469. The molecule has 0 unspecified atom stereocenters. The second kappa shape index (κ2) is 3.89. The SMILES string of the molecule is CC(C)c1scc(C#N)c1S(=O)(=O)Cl. The molecule has 0 saturated heterocycles. The molecule has 1 aromatic heterocycles. The molecule has 14 heavy (non-hydrogen) atoms. The smallest absolute Gasteiger partial charge is 0.207 e. The van der Waals surface area contributed by atoms with Crippen molar-refractivity contribution < 1.29 is 8.42 Å². The van der Waals surface area contributed by atoms with Gasteiger partial charge in [-0.1, -0.05) is 13.8 Å². The van der Waals surface area contributed by atoms with Gasteiger partial charge in [-0.15, -0.1) is 11.3 Å². The fourth-order valence-corrected chi connectivity index (χ4v) is 4.02. The van der Waals surface area contributed by atoms with Crippen LogP contribution in [-0.2, 0) is 9.05 Å². The number of halogens is 1. The van der Waals surface area contributed by atoms with Crippen molar-refractivity contribution in [3.63, 3.8) is 0 Å². The van der Waals surface area contributed by atoms with Gasteiger partial charge >= 0.3 is 0 Å². The summed E-state index contributed by atoms with van der Waals surface area (Å²) in [6, 6.07) is 1.82. The average molecular weight is 250 g/mol. The zero-order valence-electron chi connectivity index (χ0n) is 7.61. The molecular weight excluding hydrogens is 242 g/mol. The molecule has 0 fully saturated rings. The first kappa shape index (κ1) is 11.5. The lowest BCUT2D eigenvalue weighted by Crippen LogP contribution is -1.97. The highest BCUT2D eigenvalue weighted by Gasteiger charge is 2.24. The summed E-state index contributed by atoms with van der Waals surface area (Å²) in [6.07, 6.45) is 0. The van der Waals surface area contributed by atoms with Gasteiger partial charge in [-0.3, -0.25) is 0 Å². The minimum atomic E-state index is -3.82. The lowest BCUT2D eigenvalue weighted by Gasteiger charge is -2.03. The highest BCUT2D eigenvalue weighted by atomic mass is 35.7. The van der Waals surface area contributed by atoms with Gasteiger partial charge in [0.2, 0.25) is 0 Å². The summed E-state index contributed by atoms with van der Waals surface area (Å²) in [5.41, 5.74) is 0.133. The quantitative estimate of drug-likeness (QED) is 0.757. The number of rotatable bonds is 2. The molecular formula is C8H8ClNO2S2. The molecule has 0 aliphatic heterocycles. The van der Waals surface area contributed by atoms with Crippen LogP contribution in [0.15, 0.2) is 10.3 Å². The molecule has 0 radical (unpaired) electrons. The van der Waals surface area contributed by atoms with Crippen LogP contribution in [0.25, 0.3) is 0 Å². The maximum atomic E-state index is 11.2. The Morgan fingerprint density at radius 2 is 2.14 bits per heavy atom. The second-order valence-corrected chi connectivity index (χ2v) is 6.46. The Balaban J connectivity index is 3.52. The summed E-state index contributed by atoms with van der Waals surface area (Å²) >= 11 is 1.25. The van der Waals surface area contributed by atoms with E-state index in [0.29, 0.717) is 4.88 Å². The van der Waals surface area contributed by atoms with Crippen LogP contribution in [-0.4, -0.2) is 8.42 Å². The van der Waals surface area contributed by atoms with Crippen LogP contribution in [0.5, 0.6) is 0 Å². The van der Waals surface area contributed by atoms with E-state index in [1.54, 1.807) is 0 Å². The van der Waals surface area contributed by atoms with Crippen LogP contribution < -0.4 is 0 Å². The van der Waals surface area contributed by atoms with Crippen molar-refractivity contribution in [3.05, 3.63) is 15.8 Å². The van der Waals surface area contributed by atoms with E-state index >= 15 is 0 Å². The average Bonchev–Trinajstić information content (AvgIpc) is 2.45. The summed E-state index contributed by atoms with van der Waals surface area (Å²) < 4.78 is 22.4. The molecule has 0 amide bonds. The van der Waals surface area contributed by atoms with E-state index in [0.717, 1.165) is 0 Å². The standard InChI is InChI=1S/C8H8ClNO2S2/c1-5(2)7-8(14(9,11)12)6(3-10)4-13-7/h4-5H,1-2H3. The first-order chi connectivity index (χ1) is 6.38. The van der Waals surface area contributed by atoms with Gasteiger partial charge in [0.25, 0.3) is 9.05 Å². The van der Waals surface area contributed by atoms with Gasteiger partial charge in [-0.05, 0) is 5.92 Å². The molecule has 0 saturated carbocycles. The molecule has 1 heterocycles. The Bertz CT molecular complexity index is 482. The maximum absolute atomic E-state index is 11.2. The van der Waals surface area contributed by atoms with E-state index in [1.807, 2.05) is 19.9 Å². The second-order valence-electron chi connectivity index (χ2n) is 3.05. The van der Waals surface area contributed by atoms with Crippen molar-refractivity contribution in [3.8, 4) is 6.07 Å². The zero-order chi connectivity index (χ0) is 10.9. The molecule has 0 spiro atoms. The van der Waals surface area contributed by atoms with E-state index in [9.17, 15) is 8.42 Å². The maximum Gasteiger partial charge on any atom is 0.263 e. The summed E-state index contributed by atoms with van der Waals surface area (Å²) in [6.45, 7) is 3.72. The predicted molar refractivity (Wildman–Crippen MR) is 56.2 cm³/mol. The lowest BCUT2D eigenvalue weighted by atomic mass is 10.1. The van der Waals surface area contributed by atoms with Crippen molar-refractivity contribution >= 4 is 31.1 Å². The lowest BCUT2D eigenvalue weighted by molar-refractivity contribution is 0.608. The Labute approximate surface area is 91.4 Å². The Morgan fingerprint density at radius 1 is 1.57 bits per heavy atom. The number of nitrogens with zero attached hydrogens (tertiary/aromatic N) is 1. The molecule has 1 rings (SSSR count). The zero-order valence-corrected chi connectivity index (χ0v) is 10.0. The van der Waals surface area contributed by atoms with Crippen molar-refractivity contribution in [2.45, 2.75) is 24.7 Å². The molecule has 0 atom stereocenters. The van der Waals surface area contributed by atoms with Gasteiger partial charge in [0.15, 0.2) is 0 Å². The van der Waals surface area contributed by atoms with Gasteiger partial charge in [0, 0.05) is 20.9 Å². The highest BCUT2D eigenvalue weighted by molar-refractivity contribution is 8.14. The Hall–Kier alpha value is -0.570. The predicted octanol–water partition coefficient (Wildman–Crippen LogP) is 2.67. The van der Waals surface area contributed by atoms with E-state index in [2.05, 4.69) is 0 Å². The van der Waals surface area contributed by atoms with Crippen LogP contribution in [0.3, 0.4) is 0 Å². The minimum Gasteiger partial charge on any atom is -0.207 e. The van der Waals surface area contributed by atoms with Gasteiger partial charge in [-0.25, -0.2) is 8.42 Å². The monoisotopic (exact) mass is 249 g/mol. The number of hydrogen-bond acceptors (Lipinski definition) is 4. The van der Waals surface area contributed by atoms with E-state index in [4.69, 9.17) is 15.9 Å². The van der Waals surface area contributed by atoms with Gasteiger partial charge in [0.1, 0.15) is 11.0 Å². The number of nitriles is 1. The summed E-state index contributed by atoms with van der Waals surface area (Å²) in [4.78, 5) is 0.609. The van der Waals surface area contributed by atoms with Crippen molar-refractivity contribution in [1.82, 2.24) is 0 Å². The summed E-state index contributed by atoms with van der Waals surface area (Å²) in [5, 5.41) is 10.2. The number of hydrogen-bond donors (Lipinski definition) is 0. The topological polar surface area (TPSA) is 57.9 Å². The molecule has 0 N–H and O–H groups in total. The van der Waals surface area contributed by atoms with Crippen LogP contribution in [0, 0.1) is 11.3 Å². The van der Waals surface area contributed by atoms with Crippen molar-refractivity contribution in [1.29, 1.82) is 5.26 Å². The molecule has 0 aliphatic rings. The van der Waals surface area contributed by atoms with Crippen LogP contribution >= 0.6 is 22.0 Å². The normalized spacial score (nSPS) is 11.6. The third kappa shape index (κ3) is 2.08. The molecule has 0 aliphatic carbocycles. The molecule has 3 nitrogen and oxygen atoms in total. The number of thiophene rings is 1. The fourth-order valence-electron chi connectivity index (χ4n) is 1.09. The fraction of sp³-hybridized carbons (Fsp3) is 0.375.